The molecule has 0 aliphatic heterocycles. The maximum absolute atomic E-state index is 12.1. The normalized spacial score (nSPS) is 13.6. The molecule has 0 spiro atoms. The van der Waals surface area contributed by atoms with E-state index in [0.29, 0.717) is 19.3 Å². The highest BCUT2D eigenvalue weighted by Gasteiger charge is 2.24. The van der Waals surface area contributed by atoms with Crippen LogP contribution in [0.25, 0.3) is 0 Å². The van der Waals surface area contributed by atoms with Gasteiger partial charge in [-0.05, 0) is 37.1 Å². The summed E-state index contributed by atoms with van der Waals surface area (Å²) < 4.78 is 0. The predicted molar refractivity (Wildman–Crippen MR) is 95.1 cm³/mol. The van der Waals surface area contributed by atoms with Gasteiger partial charge in [-0.15, -0.1) is 0 Å². The van der Waals surface area contributed by atoms with Gasteiger partial charge in [0, 0.05) is 6.42 Å². The second-order valence-corrected chi connectivity index (χ2v) is 6.31. The lowest BCUT2D eigenvalue weighted by atomic mass is 9.67. The van der Waals surface area contributed by atoms with Crippen LogP contribution in [0.2, 0.25) is 5.82 Å². The zero-order chi connectivity index (χ0) is 17.1. The van der Waals surface area contributed by atoms with E-state index in [-0.39, 0.29) is 11.6 Å². The minimum absolute atomic E-state index is 0.0338. The molecule has 4 N–H and O–H groups in total. The van der Waals surface area contributed by atoms with Crippen molar-refractivity contribution in [3.8, 4) is 0 Å². The number of hydrogen-bond acceptors (Lipinski definition) is 4. The van der Waals surface area contributed by atoms with Gasteiger partial charge in [0.25, 0.3) is 0 Å². The van der Waals surface area contributed by atoms with E-state index in [1.165, 1.54) is 5.56 Å². The smallest absolute Gasteiger partial charge is 0.427 e. The van der Waals surface area contributed by atoms with Crippen LogP contribution < -0.4 is 5.73 Å². The van der Waals surface area contributed by atoms with Crippen LogP contribution >= 0.6 is 0 Å². The first kappa shape index (κ1) is 19.9. The summed E-state index contributed by atoms with van der Waals surface area (Å²) in [4.78, 5) is 12.1. The van der Waals surface area contributed by atoms with Crippen LogP contribution in [0.15, 0.2) is 30.3 Å². The summed E-state index contributed by atoms with van der Waals surface area (Å²) >= 11 is 0. The third-order valence-electron chi connectivity index (χ3n) is 4.36. The molecular weight excluding hydrogens is 289 g/mol. The molecule has 0 aliphatic rings. The summed E-state index contributed by atoms with van der Waals surface area (Å²) in [6, 6.07) is 9.54. The Hall–Kier alpha value is -1.17. The van der Waals surface area contributed by atoms with Crippen molar-refractivity contribution >= 4 is 12.9 Å². The van der Waals surface area contributed by atoms with Crippen LogP contribution in [0.4, 0.5) is 0 Å². The fourth-order valence-electron chi connectivity index (χ4n) is 2.73. The van der Waals surface area contributed by atoms with Crippen LogP contribution in [0.5, 0.6) is 0 Å². The summed E-state index contributed by atoms with van der Waals surface area (Å²) in [5.41, 5.74) is 7.08. The Morgan fingerprint density at radius 2 is 1.83 bits per heavy atom. The maximum Gasteiger partial charge on any atom is 0.454 e. The van der Waals surface area contributed by atoms with E-state index in [0.717, 1.165) is 32.1 Å². The zero-order valence-corrected chi connectivity index (χ0v) is 14.2. The van der Waals surface area contributed by atoms with Gasteiger partial charge >= 0.3 is 7.12 Å². The third kappa shape index (κ3) is 8.30. The lowest BCUT2D eigenvalue weighted by Gasteiger charge is -2.17. The molecule has 23 heavy (non-hydrogen) atoms. The van der Waals surface area contributed by atoms with Crippen LogP contribution in [-0.4, -0.2) is 29.0 Å². The van der Waals surface area contributed by atoms with Crippen molar-refractivity contribution in [1.82, 2.24) is 0 Å². The highest BCUT2D eigenvalue weighted by atomic mass is 16.4. The highest BCUT2D eigenvalue weighted by Crippen LogP contribution is 2.23. The molecule has 2 atom stereocenters. The second-order valence-electron chi connectivity index (χ2n) is 6.31. The number of ketones is 1. The van der Waals surface area contributed by atoms with Crippen LogP contribution in [0.1, 0.15) is 57.4 Å². The first-order valence-corrected chi connectivity index (χ1v) is 8.73. The number of carbonyl (C=O) groups is 1. The van der Waals surface area contributed by atoms with Crippen molar-refractivity contribution in [3.63, 3.8) is 0 Å². The van der Waals surface area contributed by atoms with Crippen molar-refractivity contribution in [2.75, 3.05) is 0 Å². The molecule has 0 radical (unpaired) electrons. The molecule has 0 aliphatic carbocycles. The number of unbranched alkanes of at least 4 members (excludes halogenated alkanes) is 2. The molecule has 128 valence electrons. The topological polar surface area (TPSA) is 83.6 Å². The van der Waals surface area contributed by atoms with E-state index in [1.807, 2.05) is 30.3 Å². The molecule has 1 aromatic rings. The molecule has 1 aromatic carbocycles. The van der Waals surface area contributed by atoms with Gasteiger partial charge in [0.05, 0.1) is 6.04 Å². The average molecular weight is 319 g/mol. The first-order chi connectivity index (χ1) is 11.0. The Bertz CT molecular complexity index is 439. The van der Waals surface area contributed by atoms with E-state index in [4.69, 9.17) is 5.73 Å². The molecule has 1 rings (SSSR count). The van der Waals surface area contributed by atoms with E-state index in [1.54, 1.807) is 0 Å². The fourth-order valence-corrected chi connectivity index (χ4v) is 2.73. The average Bonchev–Trinajstić information content (AvgIpc) is 2.55. The highest BCUT2D eigenvalue weighted by molar-refractivity contribution is 6.43. The number of carbonyl (C=O) groups excluding carboxylic acids is 1. The molecule has 0 aromatic heterocycles. The summed E-state index contributed by atoms with van der Waals surface area (Å²) in [6.07, 6.45) is 6.14. The molecular formula is C18H30BNO3. The Morgan fingerprint density at radius 1 is 1.13 bits per heavy atom. The lowest BCUT2D eigenvalue weighted by molar-refractivity contribution is -0.120. The molecule has 4 nitrogen and oxygen atoms in total. The number of hydrogen-bond donors (Lipinski definition) is 3. The van der Waals surface area contributed by atoms with Crippen molar-refractivity contribution in [2.24, 2.45) is 5.73 Å². The van der Waals surface area contributed by atoms with Gasteiger partial charge in [0.15, 0.2) is 0 Å². The van der Waals surface area contributed by atoms with E-state index in [9.17, 15) is 14.8 Å². The summed E-state index contributed by atoms with van der Waals surface area (Å²) in [5, 5.41) is 19.1. The summed E-state index contributed by atoms with van der Waals surface area (Å²) in [7, 11) is -1.39. The molecule has 0 fully saturated rings. The molecule has 0 saturated heterocycles. The van der Waals surface area contributed by atoms with Gasteiger partial charge in [0.1, 0.15) is 5.78 Å². The Kier molecular flexibility index (Phi) is 9.84. The molecule has 0 amide bonds. The van der Waals surface area contributed by atoms with Crippen LogP contribution in [0, 0.1) is 0 Å². The van der Waals surface area contributed by atoms with Gasteiger partial charge in [0.2, 0.25) is 0 Å². The molecule has 0 heterocycles. The lowest BCUT2D eigenvalue weighted by Crippen LogP contribution is -2.31. The minimum atomic E-state index is -1.39. The van der Waals surface area contributed by atoms with Gasteiger partial charge < -0.3 is 15.8 Å². The predicted octanol–water partition coefficient (Wildman–Crippen LogP) is 2.72. The molecule has 0 bridgehead atoms. The summed E-state index contributed by atoms with van der Waals surface area (Å²) in [5.74, 6) is -0.256. The van der Waals surface area contributed by atoms with Crippen molar-refractivity contribution in [2.45, 2.75) is 70.1 Å². The number of benzene rings is 1. The van der Waals surface area contributed by atoms with Gasteiger partial charge in [-0.3, -0.25) is 4.79 Å². The van der Waals surface area contributed by atoms with Crippen LogP contribution in [0.3, 0.4) is 0 Å². The van der Waals surface area contributed by atoms with E-state index in [2.05, 4.69) is 6.92 Å². The number of rotatable bonds is 12. The number of aryl methyl sites for hydroxylation is 1. The van der Waals surface area contributed by atoms with E-state index < -0.39 is 13.2 Å². The third-order valence-corrected chi connectivity index (χ3v) is 4.36. The van der Waals surface area contributed by atoms with Gasteiger partial charge in [-0.2, -0.15) is 0 Å². The standard InChI is InChI=1S/C18H30BNO3/c1-2-3-5-10-17(20)18(21)14-13-16(19(22)23)12-11-15-8-6-4-7-9-15/h4,6-9,16-17,22-23H,2-3,5,10-14,20H2,1H3/t16-,17+/m1/s1. The quantitative estimate of drug-likeness (QED) is 0.408. The SMILES string of the molecule is CCCCC[C@H](N)C(=O)CC[C@@H](CCc1ccccc1)B(O)O. The maximum atomic E-state index is 12.1. The second kappa shape index (κ2) is 11.4. The number of nitrogens with two attached hydrogens (primary N) is 1. The molecule has 0 unspecified atom stereocenters. The Labute approximate surface area is 140 Å². The Balaban J connectivity index is 2.36. The first-order valence-electron chi connectivity index (χ1n) is 8.73. The van der Waals surface area contributed by atoms with Crippen LogP contribution in [-0.2, 0) is 11.2 Å². The van der Waals surface area contributed by atoms with Crippen molar-refractivity contribution in [3.05, 3.63) is 35.9 Å². The minimum Gasteiger partial charge on any atom is -0.427 e. The van der Waals surface area contributed by atoms with E-state index >= 15 is 0 Å². The Morgan fingerprint density at radius 3 is 2.43 bits per heavy atom. The summed E-state index contributed by atoms with van der Waals surface area (Å²) in [6.45, 7) is 2.12. The van der Waals surface area contributed by atoms with Crippen molar-refractivity contribution < 1.29 is 14.8 Å². The van der Waals surface area contributed by atoms with Crippen molar-refractivity contribution in [1.29, 1.82) is 0 Å². The van der Waals surface area contributed by atoms with Gasteiger partial charge in [-0.1, -0.05) is 56.5 Å². The van der Waals surface area contributed by atoms with Gasteiger partial charge in [-0.25, -0.2) is 0 Å². The largest absolute Gasteiger partial charge is 0.454 e. The number of Topliss-reactive ketones (excluding diaryl/α,β-unsaturated/α-hetero) is 1. The molecule has 0 saturated carbocycles. The monoisotopic (exact) mass is 319 g/mol. The zero-order valence-electron chi connectivity index (χ0n) is 14.2. The molecule has 5 heteroatoms. The fraction of sp³-hybridized carbons (Fsp3) is 0.611.